The van der Waals surface area contributed by atoms with Crippen LogP contribution in [-0.2, 0) is 13.1 Å². The van der Waals surface area contributed by atoms with Crippen molar-refractivity contribution in [3.63, 3.8) is 0 Å². The Bertz CT molecular complexity index is 943. The lowest BCUT2D eigenvalue weighted by atomic mass is 10.1. The highest BCUT2D eigenvalue weighted by Crippen LogP contribution is 2.28. The minimum absolute atomic E-state index is 0.305. The second-order valence-electron chi connectivity index (χ2n) is 6.42. The Morgan fingerprint density at radius 2 is 1.68 bits per heavy atom. The monoisotopic (exact) mass is 336 g/mol. The summed E-state index contributed by atoms with van der Waals surface area (Å²) in [6, 6.07) is 14.0. The van der Waals surface area contributed by atoms with E-state index in [0.717, 1.165) is 35.3 Å². The minimum Gasteiger partial charge on any atom is -0.423 e. The van der Waals surface area contributed by atoms with Crippen molar-refractivity contribution >= 4 is 16.7 Å². The lowest BCUT2D eigenvalue weighted by Gasteiger charge is -2.25. The molecular weight excluding hydrogens is 312 g/mol. The van der Waals surface area contributed by atoms with Crippen LogP contribution in [0.15, 0.2) is 51.7 Å². The molecule has 0 aliphatic carbocycles. The molecule has 1 aromatic heterocycles. The van der Waals surface area contributed by atoms with Crippen molar-refractivity contribution in [3.8, 4) is 0 Å². The summed E-state index contributed by atoms with van der Waals surface area (Å²) < 4.78 is 5.42. The molecule has 0 unspecified atom stereocenters. The second-order valence-corrected chi connectivity index (χ2v) is 6.42. The largest absolute Gasteiger partial charge is 0.423 e. The van der Waals surface area contributed by atoms with Crippen molar-refractivity contribution in [1.29, 1.82) is 0 Å². The van der Waals surface area contributed by atoms with Crippen molar-refractivity contribution in [2.24, 2.45) is 5.73 Å². The first-order valence-electron chi connectivity index (χ1n) is 8.59. The Morgan fingerprint density at radius 1 is 1.00 bits per heavy atom. The average molecular weight is 336 g/mol. The molecule has 0 saturated heterocycles. The van der Waals surface area contributed by atoms with Crippen LogP contribution in [0.5, 0.6) is 0 Å². The maximum absolute atomic E-state index is 11.7. The molecular formula is C21H24N2O2. The number of aryl methyl sites for hydroxylation is 2. The highest BCUT2D eigenvalue weighted by molar-refractivity contribution is 5.85. The number of anilines is 1. The fourth-order valence-corrected chi connectivity index (χ4v) is 3.17. The standard InChI is InChI=1S/C21H24N2O2/c1-4-23(13-17-7-5-16(12-22)6-8-17)19-11-20-18(9-15(19)3)14(2)10-21(24)25-20/h5-11H,4,12-13,22H2,1-3H3. The van der Waals surface area contributed by atoms with Gasteiger partial charge in [-0.15, -0.1) is 0 Å². The molecule has 0 atom stereocenters. The van der Waals surface area contributed by atoms with E-state index in [0.29, 0.717) is 12.1 Å². The number of hydrogen-bond donors (Lipinski definition) is 1. The van der Waals surface area contributed by atoms with Crippen molar-refractivity contribution in [3.05, 3.63) is 75.1 Å². The summed E-state index contributed by atoms with van der Waals surface area (Å²) in [6.07, 6.45) is 0. The molecule has 130 valence electrons. The van der Waals surface area contributed by atoms with Gasteiger partial charge in [0.1, 0.15) is 5.58 Å². The summed E-state index contributed by atoms with van der Waals surface area (Å²) in [4.78, 5) is 14.0. The first kappa shape index (κ1) is 17.2. The number of nitrogens with zero attached hydrogens (tertiary/aromatic N) is 1. The van der Waals surface area contributed by atoms with Gasteiger partial charge in [0.25, 0.3) is 0 Å². The molecule has 0 bridgehead atoms. The lowest BCUT2D eigenvalue weighted by molar-refractivity contribution is 0.559. The molecule has 2 N–H and O–H groups in total. The molecule has 0 aliphatic heterocycles. The van der Waals surface area contributed by atoms with E-state index >= 15 is 0 Å². The van der Waals surface area contributed by atoms with Crippen LogP contribution in [0, 0.1) is 13.8 Å². The fraction of sp³-hybridized carbons (Fsp3) is 0.286. The quantitative estimate of drug-likeness (QED) is 0.718. The first-order chi connectivity index (χ1) is 12.0. The summed E-state index contributed by atoms with van der Waals surface area (Å²) >= 11 is 0. The zero-order valence-electron chi connectivity index (χ0n) is 15.0. The highest BCUT2D eigenvalue weighted by atomic mass is 16.4. The highest BCUT2D eigenvalue weighted by Gasteiger charge is 2.12. The van der Waals surface area contributed by atoms with Crippen LogP contribution in [0.25, 0.3) is 11.0 Å². The average Bonchev–Trinajstić information content (AvgIpc) is 2.60. The number of fused-ring (bicyclic) bond motifs is 1. The van der Waals surface area contributed by atoms with Crippen LogP contribution in [0.2, 0.25) is 0 Å². The molecule has 0 radical (unpaired) electrons. The Hall–Kier alpha value is -2.59. The third-order valence-electron chi connectivity index (χ3n) is 4.62. The van der Waals surface area contributed by atoms with E-state index in [4.69, 9.17) is 10.2 Å². The van der Waals surface area contributed by atoms with Gasteiger partial charge < -0.3 is 15.1 Å². The van der Waals surface area contributed by atoms with Crippen LogP contribution in [-0.4, -0.2) is 6.54 Å². The molecule has 0 aliphatic rings. The minimum atomic E-state index is -0.305. The molecule has 0 amide bonds. The maximum atomic E-state index is 11.7. The molecule has 3 aromatic rings. The second kappa shape index (κ2) is 7.11. The van der Waals surface area contributed by atoms with Crippen LogP contribution >= 0.6 is 0 Å². The van der Waals surface area contributed by atoms with Crippen LogP contribution in [0.1, 0.15) is 29.2 Å². The SMILES string of the molecule is CCN(Cc1ccc(CN)cc1)c1cc2oc(=O)cc(C)c2cc1C. The summed E-state index contributed by atoms with van der Waals surface area (Å²) in [5.41, 5.74) is 11.6. The van der Waals surface area contributed by atoms with Gasteiger partial charge >= 0.3 is 5.63 Å². The first-order valence-corrected chi connectivity index (χ1v) is 8.59. The Morgan fingerprint density at radius 3 is 2.32 bits per heavy atom. The van der Waals surface area contributed by atoms with Gasteiger partial charge in [-0.1, -0.05) is 24.3 Å². The Balaban J connectivity index is 1.99. The number of benzene rings is 2. The molecule has 4 heteroatoms. The van der Waals surface area contributed by atoms with Gasteiger partial charge in [-0.25, -0.2) is 4.79 Å². The molecule has 2 aromatic carbocycles. The maximum Gasteiger partial charge on any atom is 0.336 e. The topological polar surface area (TPSA) is 59.5 Å². The summed E-state index contributed by atoms with van der Waals surface area (Å²) in [7, 11) is 0. The van der Waals surface area contributed by atoms with Gasteiger partial charge in [-0.3, -0.25) is 0 Å². The van der Waals surface area contributed by atoms with Gasteiger partial charge in [0.2, 0.25) is 0 Å². The van der Waals surface area contributed by atoms with E-state index in [1.807, 2.05) is 13.0 Å². The van der Waals surface area contributed by atoms with Crippen molar-refractivity contribution in [2.75, 3.05) is 11.4 Å². The molecule has 3 rings (SSSR count). The lowest BCUT2D eigenvalue weighted by Crippen LogP contribution is -2.23. The van der Waals surface area contributed by atoms with Gasteiger partial charge in [0.05, 0.1) is 0 Å². The van der Waals surface area contributed by atoms with Crippen molar-refractivity contribution in [2.45, 2.75) is 33.9 Å². The Kier molecular flexibility index (Phi) is 4.91. The van der Waals surface area contributed by atoms with Gasteiger partial charge in [-0.05, 0) is 49.1 Å². The summed E-state index contributed by atoms with van der Waals surface area (Å²) in [6.45, 7) is 8.38. The molecule has 0 spiro atoms. The van der Waals surface area contributed by atoms with Gasteiger partial charge in [0, 0.05) is 42.8 Å². The van der Waals surface area contributed by atoms with E-state index in [2.05, 4.69) is 49.1 Å². The predicted molar refractivity (Wildman–Crippen MR) is 103 cm³/mol. The van der Waals surface area contributed by atoms with Crippen molar-refractivity contribution in [1.82, 2.24) is 0 Å². The number of nitrogens with two attached hydrogens (primary N) is 1. The fourth-order valence-electron chi connectivity index (χ4n) is 3.17. The van der Waals surface area contributed by atoms with Crippen LogP contribution in [0.3, 0.4) is 0 Å². The molecule has 25 heavy (non-hydrogen) atoms. The van der Waals surface area contributed by atoms with E-state index in [1.54, 1.807) is 0 Å². The zero-order chi connectivity index (χ0) is 18.0. The van der Waals surface area contributed by atoms with Crippen LogP contribution < -0.4 is 16.3 Å². The van der Waals surface area contributed by atoms with E-state index in [-0.39, 0.29) is 5.63 Å². The molecule has 0 saturated carbocycles. The third-order valence-corrected chi connectivity index (χ3v) is 4.62. The summed E-state index contributed by atoms with van der Waals surface area (Å²) in [5, 5.41) is 0.990. The Labute approximate surface area is 147 Å². The normalized spacial score (nSPS) is 11.0. The van der Waals surface area contributed by atoms with Crippen LogP contribution in [0.4, 0.5) is 5.69 Å². The van der Waals surface area contributed by atoms with Gasteiger partial charge in [0.15, 0.2) is 0 Å². The third kappa shape index (κ3) is 3.59. The predicted octanol–water partition coefficient (Wildman–Crippen LogP) is 3.90. The number of rotatable bonds is 5. The summed E-state index contributed by atoms with van der Waals surface area (Å²) in [5.74, 6) is 0. The van der Waals surface area contributed by atoms with Gasteiger partial charge in [-0.2, -0.15) is 0 Å². The molecule has 1 heterocycles. The molecule has 0 fully saturated rings. The van der Waals surface area contributed by atoms with E-state index in [9.17, 15) is 4.79 Å². The molecule has 4 nitrogen and oxygen atoms in total. The van der Waals surface area contributed by atoms with E-state index in [1.165, 1.54) is 17.2 Å². The zero-order valence-corrected chi connectivity index (χ0v) is 15.0. The van der Waals surface area contributed by atoms with Crippen molar-refractivity contribution < 1.29 is 4.42 Å². The number of hydrogen-bond acceptors (Lipinski definition) is 4. The smallest absolute Gasteiger partial charge is 0.336 e. The van der Waals surface area contributed by atoms with E-state index < -0.39 is 0 Å².